The lowest BCUT2D eigenvalue weighted by molar-refractivity contribution is 0.0662. The van der Waals surface area contributed by atoms with Crippen LogP contribution in [0.2, 0.25) is 0 Å². The second kappa shape index (κ2) is 6.69. The molecule has 1 aromatic carbocycles. The van der Waals surface area contributed by atoms with Crippen molar-refractivity contribution in [2.75, 3.05) is 5.32 Å². The fraction of sp³-hybridized carbons (Fsp3) is 0.294. The fourth-order valence-electron chi connectivity index (χ4n) is 2.53. The molecule has 0 fully saturated rings. The lowest BCUT2D eigenvalue weighted by Crippen LogP contribution is -2.19. The number of ether oxygens (including phenoxy) is 1. The summed E-state index contributed by atoms with van der Waals surface area (Å²) in [6.45, 7) is 2.09. The number of nitrogens with one attached hydrogen (secondary N) is 1. The van der Waals surface area contributed by atoms with E-state index >= 15 is 0 Å². The van der Waals surface area contributed by atoms with Gasteiger partial charge in [-0.1, -0.05) is 24.3 Å². The topological polar surface area (TPSA) is 21.3 Å². The summed E-state index contributed by atoms with van der Waals surface area (Å²) in [4.78, 5) is 1.30. The maximum absolute atomic E-state index is 5.70. The molecule has 1 N–H and O–H groups in total. The van der Waals surface area contributed by atoms with Crippen LogP contribution in [-0.4, -0.2) is 11.7 Å². The number of hydrogen-bond acceptors (Lipinski definition) is 4. The first-order valence-electron chi connectivity index (χ1n) is 7.12. The summed E-state index contributed by atoms with van der Waals surface area (Å²) in [5, 5.41) is 5.38. The number of allylic oxidation sites excluding steroid dienone is 1. The molecule has 2 aromatic rings. The predicted octanol–water partition coefficient (Wildman–Crippen LogP) is 4.59. The van der Waals surface area contributed by atoms with E-state index in [4.69, 9.17) is 4.74 Å². The van der Waals surface area contributed by atoms with Gasteiger partial charge in [-0.15, -0.1) is 24.0 Å². The Labute approximate surface area is 135 Å². The molecule has 0 bridgehead atoms. The molecule has 1 aliphatic rings. The minimum Gasteiger partial charge on any atom is -0.351 e. The molecule has 0 aliphatic carbocycles. The summed E-state index contributed by atoms with van der Waals surface area (Å²) < 4.78 is 5.70. The molecule has 2 heterocycles. The van der Waals surface area contributed by atoms with Gasteiger partial charge in [-0.25, -0.2) is 0 Å². The lowest BCUT2D eigenvalue weighted by Gasteiger charge is -2.14. The number of rotatable bonds is 3. The van der Waals surface area contributed by atoms with Gasteiger partial charge in [0.1, 0.15) is 0 Å². The van der Waals surface area contributed by atoms with Gasteiger partial charge in [0, 0.05) is 17.0 Å². The van der Waals surface area contributed by atoms with Gasteiger partial charge in [0.25, 0.3) is 0 Å². The third-order valence-electron chi connectivity index (χ3n) is 3.50. The zero-order valence-corrected chi connectivity index (χ0v) is 13.7. The van der Waals surface area contributed by atoms with Crippen LogP contribution in [0.25, 0.3) is 6.08 Å². The zero-order chi connectivity index (χ0) is 14.7. The Morgan fingerprint density at radius 1 is 1.43 bits per heavy atom. The molecular formula is C17H19NOS2. The number of anilines is 1. The van der Waals surface area contributed by atoms with Gasteiger partial charge in [-0.2, -0.15) is 0 Å². The molecule has 2 nitrogen and oxygen atoms in total. The number of benzene rings is 1. The first-order chi connectivity index (χ1) is 10.2. The minimum absolute atomic E-state index is 0.179. The second-order valence-electron chi connectivity index (χ2n) is 5.26. The molecule has 0 spiro atoms. The zero-order valence-electron chi connectivity index (χ0n) is 12.0. The molecule has 21 heavy (non-hydrogen) atoms. The van der Waals surface area contributed by atoms with Gasteiger partial charge in [0.2, 0.25) is 0 Å². The van der Waals surface area contributed by atoms with Gasteiger partial charge in [-0.3, -0.25) is 0 Å². The van der Waals surface area contributed by atoms with Crippen LogP contribution < -0.4 is 5.32 Å². The monoisotopic (exact) mass is 317 g/mol. The highest BCUT2D eigenvalue weighted by Crippen LogP contribution is 2.26. The molecule has 2 atom stereocenters. The maximum Gasteiger partial charge on any atom is 0.173 e. The Morgan fingerprint density at radius 2 is 2.33 bits per heavy atom. The van der Waals surface area contributed by atoms with Crippen molar-refractivity contribution < 1.29 is 4.74 Å². The molecule has 1 aliphatic heterocycles. The van der Waals surface area contributed by atoms with Crippen LogP contribution in [0.15, 0.2) is 41.8 Å². The third kappa shape index (κ3) is 3.90. The van der Waals surface area contributed by atoms with Gasteiger partial charge in [0.15, 0.2) is 5.56 Å². The van der Waals surface area contributed by atoms with E-state index in [1.807, 2.05) is 0 Å². The minimum atomic E-state index is -0.231. The quantitative estimate of drug-likeness (QED) is 0.808. The van der Waals surface area contributed by atoms with E-state index in [-0.39, 0.29) is 11.7 Å². The second-order valence-corrected chi connectivity index (χ2v) is 6.71. The molecule has 0 radical (unpaired) electrons. The van der Waals surface area contributed by atoms with Crippen LogP contribution in [0.1, 0.15) is 22.9 Å². The van der Waals surface area contributed by atoms with Crippen molar-refractivity contribution in [3.8, 4) is 0 Å². The molecule has 0 saturated heterocycles. The number of thiophene rings is 1. The smallest absolute Gasteiger partial charge is 0.173 e. The van der Waals surface area contributed by atoms with E-state index < -0.39 is 0 Å². The highest BCUT2D eigenvalue weighted by atomic mass is 32.1. The highest BCUT2D eigenvalue weighted by Gasteiger charge is 2.18. The summed E-state index contributed by atoms with van der Waals surface area (Å²) in [5.74, 6) is 0. The average Bonchev–Trinajstić information content (AvgIpc) is 2.89. The van der Waals surface area contributed by atoms with Crippen molar-refractivity contribution >= 4 is 35.7 Å². The molecule has 1 aromatic heterocycles. The van der Waals surface area contributed by atoms with Gasteiger partial charge in [0.05, 0.1) is 6.10 Å². The van der Waals surface area contributed by atoms with E-state index in [2.05, 4.69) is 72.7 Å². The maximum atomic E-state index is 5.70. The van der Waals surface area contributed by atoms with Crippen LogP contribution in [0.4, 0.5) is 5.69 Å². The van der Waals surface area contributed by atoms with E-state index in [0.29, 0.717) is 0 Å². The van der Waals surface area contributed by atoms with Gasteiger partial charge in [-0.05, 0) is 48.1 Å². The van der Waals surface area contributed by atoms with Crippen LogP contribution in [0, 0.1) is 0 Å². The summed E-state index contributed by atoms with van der Waals surface area (Å²) in [7, 11) is 0. The standard InChI is InChI=1S/C17H19NOS2/c1-12-10-14-11-13(4-2-5-15-6-3-9-21-15)7-8-16(14)18-17(20)19-12/h2-3,5-9,11-12,17-18,20H,4,10H2,1H3/b5-2+. The van der Waals surface area contributed by atoms with E-state index in [0.717, 1.165) is 18.5 Å². The Hall–Kier alpha value is -1.23. The molecule has 0 saturated carbocycles. The predicted molar refractivity (Wildman–Crippen MR) is 94.1 cm³/mol. The van der Waals surface area contributed by atoms with Crippen molar-refractivity contribution in [1.82, 2.24) is 0 Å². The Balaban J connectivity index is 1.73. The van der Waals surface area contributed by atoms with Crippen molar-refractivity contribution in [3.63, 3.8) is 0 Å². The molecule has 110 valence electrons. The van der Waals surface area contributed by atoms with Crippen LogP contribution in [-0.2, 0) is 17.6 Å². The average molecular weight is 317 g/mol. The third-order valence-corrected chi connectivity index (χ3v) is 4.58. The Morgan fingerprint density at radius 3 is 3.14 bits per heavy atom. The van der Waals surface area contributed by atoms with Crippen molar-refractivity contribution in [3.05, 3.63) is 57.8 Å². The molecule has 4 heteroatoms. The van der Waals surface area contributed by atoms with Crippen LogP contribution in [0.3, 0.4) is 0 Å². The number of hydrogen-bond donors (Lipinski definition) is 2. The molecule has 2 unspecified atom stereocenters. The van der Waals surface area contributed by atoms with Crippen molar-refractivity contribution in [1.29, 1.82) is 0 Å². The summed E-state index contributed by atoms with van der Waals surface area (Å²) >= 11 is 6.15. The first-order valence-corrected chi connectivity index (χ1v) is 8.52. The molecular weight excluding hydrogens is 298 g/mol. The Kier molecular flexibility index (Phi) is 4.68. The number of thiol groups is 1. The fourth-order valence-corrected chi connectivity index (χ4v) is 3.52. The SMILES string of the molecule is CC1Cc2cc(C/C=C/c3cccs3)ccc2NC(S)O1. The first kappa shape index (κ1) is 14.7. The van der Waals surface area contributed by atoms with Crippen LogP contribution in [0.5, 0.6) is 0 Å². The molecule has 0 amide bonds. The lowest BCUT2D eigenvalue weighted by atomic mass is 10.0. The van der Waals surface area contributed by atoms with Crippen molar-refractivity contribution in [2.45, 2.75) is 31.4 Å². The van der Waals surface area contributed by atoms with E-state index in [9.17, 15) is 0 Å². The van der Waals surface area contributed by atoms with Gasteiger partial charge >= 0.3 is 0 Å². The van der Waals surface area contributed by atoms with Gasteiger partial charge < -0.3 is 10.1 Å². The Bertz CT molecular complexity index is 622. The van der Waals surface area contributed by atoms with Crippen molar-refractivity contribution in [2.24, 2.45) is 0 Å². The summed E-state index contributed by atoms with van der Waals surface area (Å²) in [5.41, 5.74) is 3.53. The number of fused-ring (bicyclic) bond motifs is 1. The van der Waals surface area contributed by atoms with E-state index in [1.165, 1.54) is 16.0 Å². The summed E-state index contributed by atoms with van der Waals surface area (Å²) in [6, 6.07) is 10.8. The highest BCUT2D eigenvalue weighted by molar-refractivity contribution is 7.80. The van der Waals surface area contributed by atoms with E-state index in [1.54, 1.807) is 11.3 Å². The largest absolute Gasteiger partial charge is 0.351 e. The summed E-state index contributed by atoms with van der Waals surface area (Å²) in [6.07, 6.45) is 6.45. The molecule has 3 rings (SSSR count). The van der Waals surface area contributed by atoms with Crippen LogP contribution >= 0.6 is 24.0 Å². The normalized spacial score (nSPS) is 21.8.